The van der Waals surface area contributed by atoms with E-state index in [2.05, 4.69) is 35.8 Å². The lowest BCUT2D eigenvalue weighted by Gasteiger charge is -2.26. The maximum atomic E-state index is 11.6. The fourth-order valence-corrected chi connectivity index (χ4v) is 3.02. The summed E-state index contributed by atoms with van der Waals surface area (Å²) < 4.78 is 0. The van der Waals surface area contributed by atoms with E-state index >= 15 is 0 Å². The quantitative estimate of drug-likeness (QED) is 0.810. The third kappa shape index (κ3) is 2.80. The van der Waals surface area contributed by atoms with Crippen LogP contribution >= 0.6 is 0 Å². The molecule has 118 valence electrons. The molecule has 0 radical (unpaired) electrons. The number of rotatable bonds is 3. The molecule has 0 fully saturated rings. The van der Waals surface area contributed by atoms with Gasteiger partial charge in [0, 0.05) is 34.2 Å². The van der Waals surface area contributed by atoms with E-state index in [-0.39, 0.29) is 6.04 Å². The Morgan fingerprint density at radius 3 is 2.65 bits per heavy atom. The summed E-state index contributed by atoms with van der Waals surface area (Å²) in [5.74, 6) is -0.404. The van der Waals surface area contributed by atoms with Crippen molar-refractivity contribution >= 4 is 23.0 Å². The molecule has 1 atom stereocenters. The lowest BCUT2D eigenvalue weighted by atomic mass is 9.99. The van der Waals surface area contributed by atoms with Gasteiger partial charge in [0.15, 0.2) is 0 Å². The number of primary amides is 1. The maximum Gasteiger partial charge on any atom is 0.249 e. The van der Waals surface area contributed by atoms with Gasteiger partial charge in [-0.15, -0.1) is 0 Å². The molecule has 0 aliphatic carbocycles. The minimum absolute atomic E-state index is 0.229. The number of nitrogens with two attached hydrogens (primary N) is 1. The van der Waals surface area contributed by atoms with Gasteiger partial charge >= 0.3 is 0 Å². The number of para-hydroxylation sites is 1. The molecule has 2 aromatic rings. The maximum absolute atomic E-state index is 11.6. The summed E-state index contributed by atoms with van der Waals surface area (Å²) in [4.78, 5) is 11.6. The number of amides is 1. The molecule has 1 aliphatic heterocycles. The van der Waals surface area contributed by atoms with E-state index in [0.717, 1.165) is 33.8 Å². The highest BCUT2D eigenvalue weighted by atomic mass is 16.1. The van der Waals surface area contributed by atoms with Gasteiger partial charge in [-0.1, -0.05) is 24.3 Å². The molecule has 4 N–H and O–H groups in total. The van der Waals surface area contributed by atoms with Gasteiger partial charge in [-0.25, -0.2) is 0 Å². The van der Waals surface area contributed by atoms with Crippen molar-refractivity contribution in [2.45, 2.75) is 26.8 Å². The molecule has 2 aromatic carbocycles. The van der Waals surface area contributed by atoms with Crippen molar-refractivity contribution < 1.29 is 4.79 Å². The van der Waals surface area contributed by atoms with E-state index in [4.69, 9.17) is 5.73 Å². The fourth-order valence-electron chi connectivity index (χ4n) is 3.02. The van der Waals surface area contributed by atoms with E-state index in [1.54, 1.807) is 6.07 Å². The summed E-state index contributed by atoms with van der Waals surface area (Å²) in [6.07, 6.45) is 2.15. The third-order valence-electron chi connectivity index (χ3n) is 4.22. The van der Waals surface area contributed by atoms with Crippen molar-refractivity contribution in [3.8, 4) is 0 Å². The summed E-state index contributed by atoms with van der Waals surface area (Å²) in [7, 11) is 0. The van der Waals surface area contributed by atoms with Crippen molar-refractivity contribution in [3.05, 3.63) is 64.7 Å². The molecular formula is C19H21N3O. The average Bonchev–Trinajstić information content (AvgIpc) is 2.50. The van der Waals surface area contributed by atoms with Gasteiger partial charge in [0.05, 0.1) is 0 Å². The number of anilines is 2. The Hall–Kier alpha value is -2.75. The third-order valence-corrected chi connectivity index (χ3v) is 4.22. The zero-order chi connectivity index (χ0) is 16.6. The van der Waals surface area contributed by atoms with Crippen LogP contribution < -0.4 is 16.4 Å². The zero-order valence-electron chi connectivity index (χ0n) is 13.6. The lowest BCUT2D eigenvalue weighted by molar-refractivity contribution is 0.1000. The summed E-state index contributed by atoms with van der Waals surface area (Å²) in [6.45, 7) is 6.06. The molecule has 1 aliphatic rings. The molecule has 0 saturated carbocycles. The second kappa shape index (κ2) is 5.80. The second-order valence-electron chi connectivity index (χ2n) is 5.98. The van der Waals surface area contributed by atoms with Crippen LogP contribution in [0.1, 0.15) is 34.0 Å². The number of hydrogen-bond donors (Lipinski definition) is 3. The van der Waals surface area contributed by atoms with Crippen molar-refractivity contribution in [3.63, 3.8) is 0 Å². The molecule has 0 saturated heterocycles. The molecule has 0 bridgehead atoms. The van der Waals surface area contributed by atoms with Crippen molar-refractivity contribution in [1.29, 1.82) is 0 Å². The van der Waals surface area contributed by atoms with Crippen LogP contribution in [0.25, 0.3) is 5.70 Å². The van der Waals surface area contributed by atoms with Crippen LogP contribution in [-0.4, -0.2) is 11.9 Å². The molecular weight excluding hydrogens is 286 g/mol. The minimum atomic E-state index is -0.404. The van der Waals surface area contributed by atoms with Crippen molar-refractivity contribution in [2.24, 2.45) is 5.73 Å². The minimum Gasteiger partial charge on any atom is -0.378 e. The van der Waals surface area contributed by atoms with Crippen LogP contribution in [0.15, 0.2) is 42.5 Å². The fraction of sp³-hybridized carbons (Fsp3) is 0.211. The number of hydrogen-bond acceptors (Lipinski definition) is 3. The molecule has 0 aromatic heterocycles. The highest BCUT2D eigenvalue weighted by Crippen LogP contribution is 2.33. The number of benzene rings is 2. The Bertz CT molecular complexity index is 808. The SMILES string of the molecule is Cc1ccc(C(N)=O)c(C)c1NC1=CC(C)Nc2ccccc21. The Balaban J connectivity index is 2.06. The normalized spacial score (nSPS) is 16.1. The molecule has 1 heterocycles. The van der Waals surface area contributed by atoms with Gasteiger partial charge in [0.1, 0.15) is 0 Å². The standard InChI is InChI=1S/C19H21N3O/c1-11-8-9-14(19(20)23)13(3)18(11)22-17-10-12(2)21-16-7-5-4-6-15(16)17/h4-10,12,21-22H,1-3H3,(H2,20,23). The van der Waals surface area contributed by atoms with Crippen LogP contribution in [0.3, 0.4) is 0 Å². The molecule has 3 rings (SSSR count). The molecule has 23 heavy (non-hydrogen) atoms. The van der Waals surface area contributed by atoms with Crippen LogP contribution in [0.4, 0.5) is 11.4 Å². The second-order valence-corrected chi connectivity index (χ2v) is 5.98. The van der Waals surface area contributed by atoms with Gasteiger partial charge in [-0.05, 0) is 50.1 Å². The summed E-state index contributed by atoms with van der Waals surface area (Å²) in [5.41, 5.74) is 12.2. The van der Waals surface area contributed by atoms with Crippen LogP contribution in [0, 0.1) is 13.8 Å². The smallest absolute Gasteiger partial charge is 0.249 e. The topological polar surface area (TPSA) is 67.2 Å². The highest BCUT2D eigenvalue weighted by Gasteiger charge is 2.18. The molecule has 0 spiro atoms. The van der Waals surface area contributed by atoms with E-state index in [9.17, 15) is 4.79 Å². The van der Waals surface area contributed by atoms with Crippen LogP contribution in [-0.2, 0) is 0 Å². The average molecular weight is 307 g/mol. The predicted octanol–water partition coefficient (Wildman–Crippen LogP) is 3.67. The van der Waals surface area contributed by atoms with Gasteiger partial charge in [-0.3, -0.25) is 4.79 Å². The number of aryl methyl sites for hydroxylation is 1. The van der Waals surface area contributed by atoms with Gasteiger partial charge in [0.2, 0.25) is 5.91 Å². The Morgan fingerprint density at radius 2 is 1.91 bits per heavy atom. The van der Waals surface area contributed by atoms with E-state index in [1.807, 2.05) is 32.0 Å². The van der Waals surface area contributed by atoms with E-state index in [0.29, 0.717) is 5.56 Å². The largest absolute Gasteiger partial charge is 0.378 e. The number of carbonyl (C=O) groups is 1. The molecule has 1 amide bonds. The molecule has 4 nitrogen and oxygen atoms in total. The number of carbonyl (C=O) groups excluding carboxylic acids is 1. The number of fused-ring (bicyclic) bond motifs is 1. The first kappa shape index (κ1) is 15.2. The van der Waals surface area contributed by atoms with Crippen LogP contribution in [0.2, 0.25) is 0 Å². The van der Waals surface area contributed by atoms with E-state index in [1.165, 1.54) is 0 Å². The molecule has 4 heteroatoms. The van der Waals surface area contributed by atoms with E-state index < -0.39 is 5.91 Å². The zero-order valence-corrected chi connectivity index (χ0v) is 13.6. The number of nitrogens with one attached hydrogen (secondary N) is 2. The van der Waals surface area contributed by atoms with Crippen molar-refractivity contribution in [2.75, 3.05) is 10.6 Å². The highest BCUT2D eigenvalue weighted by molar-refractivity contribution is 5.97. The first-order valence-corrected chi connectivity index (χ1v) is 7.72. The van der Waals surface area contributed by atoms with Gasteiger partial charge < -0.3 is 16.4 Å². The lowest BCUT2D eigenvalue weighted by Crippen LogP contribution is -2.21. The Kier molecular flexibility index (Phi) is 3.82. The predicted molar refractivity (Wildman–Crippen MR) is 95.6 cm³/mol. The van der Waals surface area contributed by atoms with Gasteiger partial charge in [0.25, 0.3) is 0 Å². The summed E-state index contributed by atoms with van der Waals surface area (Å²) >= 11 is 0. The Labute approximate surface area is 136 Å². The molecule has 1 unspecified atom stereocenters. The van der Waals surface area contributed by atoms with Crippen molar-refractivity contribution in [1.82, 2.24) is 0 Å². The summed E-state index contributed by atoms with van der Waals surface area (Å²) in [6, 6.07) is 12.1. The summed E-state index contributed by atoms with van der Waals surface area (Å²) in [5, 5.41) is 6.96. The first-order valence-electron chi connectivity index (χ1n) is 7.72. The first-order chi connectivity index (χ1) is 11.0. The van der Waals surface area contributed by atoms with Gasteiger partial charge in [-0.2, -0.15) is 0 Å². The Morgan fingerprint density at radius 1 is 1.17 bits per heavy atom. The van der Waals surface area contributed by atoms with Crippen LogP contribution in [0.5, 0.6) is 0 Å². The monoisotopic (exact) mass is 307 g/mol.